The van der Waals surface area contributed by atoms with E-state index in [9.17, 15) is 0 Å². The van der Waals surface area contributed by atoms with E-state index >= 15 is 0 Å². The summed E-state index contributed by atoms with van der Waals surface area (Å²) in [6.45, 7) is 2.26. The second kappa shape index (κ2) is 14.9. The molecule has 1 atom stereocenters. The number of unbranched alkanes of at least 4 members (excludes halogenated alkanes) is 1. The van der Waals surface area contributed by atoms with Crippen LogP contribution in [-0.4, -0.2) is 7.28 Å². The molecule has 2 aliphatic carbocycles. The van der Waals surface area contributed by atoms with Crippen molar-refractivity contribution in [2.24, 2.45) is 0 Å². The van der Waals surface area contributed by atoms with E-state index < -0.39 is 5.41 Å². The predicted molar refractivity (Wildman–Crippen MR) is 235 cm³/mol. The number of nitrogens with zero attached hydrogens (tertiary/aromatic N) is 1. The molecule has 7 aromatic carbocycles. The molecule has 1 unspecified atom stereocenters. The minimum Gasteiger partial charge on any atom is -0.198 e. The highest BCUT2D eigenvalue weighted by atomic mass is 14.5. The zero-order valence-corrected chi connectivity index (χ0v) is 31.6. The van der Waals surface area contributed by atoms with Crippen LogP contribution in [-0.2, 0) is 11.8 Å². The quantitative estimate of drug-likeness (QED) is 0.103. The molecule has 0 fully saturated rings. The van der Waals surface area contributed by atoms with E-state index in [2.05, 4.69) is 183 Å². The fraction of sp³-hybridized carbons (Fsp3) is 0.151. The molecule has 0 heterocycles. The molecule has 0 amide bonds. The number of hydrogen-bond donors (Lipinski definition) is 0. The van der Waals surface area contributed by atoms with Gasteiger partial charge in [0.15, 0.2) is 7.28 Å². The van der Waals surface area contributed by atoms with Crippen LogP contribution in [0.1, 0.15) is 66.0 Å². The molecule has 2 aliphatic rings. The van der Waals surface area contributed by atoms with E-state index in [-0.39, 0.29) is 0 Å². The van der Waals surface area contributed by atoms with Crippen molar-refractivity contribution in [2.45, 2.75) is 50.8 Å². The highest BCUT2D eigenvalue weighted by Crippen LogP contribution is 2.58. The van der Waals surface area contributed by atoms with E-state index in [0.29, 0.717) is 6.42 Å². The summed E-state index contributed by atoms with van der Waals surface area (Å²) in [5.41, 5.74) is 14.8. The highest BCUT2D eigenvalue weighted by Gasteiger charge is 2.46. The third-order valence-electron chi connectivity index (χ3n) is 11.8. The lowest BCUT2D eigenvalue weighted by atomic mass is 9.65. The fourth-order valence-electron chi connectivity index (χ4n) is 8.99. The van der Waals surface area contributed by atoms with Gasteiger partial charge in [0.1, 0.15) is 0 Å². The number of benzene rings is 7. The van der Waals surface area contributed by atoms with Gasteiger partial charge >= 0.3 is 0 Å². The van der Waals surface area contributed by atoms with Crippen LogP contribution in [0, 0.1) is 11.3 Å². The molecule has 0 N–H and O–H groups in total. The summed E-state index contributed by atoms with van der Waals surface area (Å²) in [6.07, 6.45) is 16.9. The van der Waals surface area contributed by atoms with E-state index in [1.165, 1.54) is 101 Å². The van der Waals surface area contributed by atoms with Crippen LogP contribution in [0.2, 0.25) is 6.32 Å². The maximum absolute atomic E-state index is 9.14. The van der Waals surface area contributed by atoms with E-state index in [4.69, 9.17) is 5.26 Å². The summed E-state index contributed by atoms with van der Waals surface area (Å²) < 4.78 is 0. The van der Waals surface area contributed by atoms with Gasteiger partial charge in [-0.1, -0.05) is 171 Å². The molecule has 0 aromatic heterocycles. The molecule has 7 aromatic rings. The molecule has 0 radical (unpaired) electrons. The molecule has 0 spiro atoms. The number of aryl methyl sites for hydroxylation is 1. The van der Waals surface area contributed by atoms with E-state index in [1.807, 2.05) is 0 Å². The molecule has 0 saturated carbocycles. The van der Waals surface area contributed by atoms with Crippen molar-refractivity contribution >= 4 is 39.9 Å². The lowest BCUT2D eigenvalue weighted by Gasteiger charge is -2.35. The minimum atomic E-state index is -0.578. The first-order chi connectivity index (χ1) is 27.1. The number of rotatable bonds is 10. The number of nitriles is 1. The van der Waals surface area contributed by atoms with Gasteiger partial charge in [0, 0.05) is 6.42 Å². The van der Waals surface area contributed by atoms with Crippen molar-refractivity contribution in [3.8, 4) is 28.3 Å². The maximum Gasteiger partial charge on any atom is 0.157 e. The molecule has 2 heteroatoms. The van der Waals surface area contributed by atoms with Crippen molar-refractivity contribution < 1.29 is 0 Å². The smallest absolute Gasteiger partial charge is 0.157 e. The first-order valence-electron chi connectivity index (χ1n) is 20.0. The predicted octanol–water partition coefficient (Wildman–Crippen LogP) is 12.7. The highest BCUT2D eigenvalue weighted by molar-refractivity contribution is 6.53. The Hall–Kier alpha value is -6.17. The Morgan fingerprint density at radius 3 is 2.05 bits per heavy atom. The topological polar surface area (TPSA) is 23.8 Å². The molecular weight excluding hydrogens is 661 g/mol. The largest absolute Gasteiger partial charge is 0.198 e. The van der Waals surface area contributed by atoms with Gasteiger partial charge in [0.2, 0.25) is 0 Å². The number of fused-ring (bicyclic) bond motifs is 5. The fourth-order valence-corrected chi connectivity index (χ4v) is 8.99. The molecule has 264 valence electrons. The number of allylic oxidation sites excluding steroid dienone is 6. The summed E-state index contributed by atoms with van der Waals surface area (Å²) in [5, 5.41) is 14.2. The summed E-state index contributed by atoms with van der Waals surface area (Å²) in [6, 6.07) is 55.7. The Kier molecular flexibility index (Phi) is 9.39. The molecule has 9 rings (SSSR count). The van der Waals surface area contributed by atoms with Crippen molar-refractivity contribution in [1.82, 2.24) is 0 Å². The van der Waals surface area contributed by atoms with E-state index in [0.717, 1.165) is 26.5 Å². The van der Waals surface area contributed by atoms with Crippen LogP contribution in [0.15, 0.2) is 170 Å². The monoisotopic (exact) mass is 705 g/mol. The normalized spacial score (nSPS) is 15.7. The minimum absolute atomic E-state index is 0.578. The molecule has 1 nitrogen and oxygen atoms in total. The van der Waals surface area contributed by atoms with E-state index in [1.54, 1.807) is 0 Å². The van der Waals surface area contributed by atoms with Crippen LogP contribution in [0.5, 0.6) is 0 Å². The zero-order chi connectivity index (χ0) is 37.2. The van der Waals surface area contributed by atoms with Crippen LogP contribution in [0.4, 0.5) is 0 Å². The van der Waals surface area contributed by atoms with Gasteiger partial charge in [-0.05, 0) is 126 Å². The van der Waals surface area contributed by atoms with Crippen LogP contribution >= 0.6 is 0 Å². The van der Waals surface area contributed by atoms with Crippen LogP contribution < -0.4 is 5.46 Å². The van der Waals surface area contributed by atoms with Crippen molar-refractivity contribution in [3.05, 3.63) is 203 Å². The van der Waals surface area contributed by atoms with Gasteiger partial charge in [0.25, 0.3) is 0 Å². The van der Waals surface area contributed by atoms with Crippen molar-refractivity contribution in [2.75, 3.05) is 0 Å². The zero-order valence-electron chi connectivity index (χ0n) is 31.6. The number of hydrogen-bond acceptors (Lipinski definition) is 1. The molecule has 0 saturated heterocycles. The van der Waals surface area contributed by atoms with Gasteiger partial charge in [0.05, 0.1) is 11.5 Å². The van der Waals surface area contributed by atoms with Gasteiger partial charge < -0.3 is 0 Å². The maximum atomic E-state index is 9.14. The molecule has 0 bridgehead atoms. The van der Waals surface area contributed by atoms with Gasteiger partial charge in [-0.2, -0.15) is 5.26 Å². The second-order valence-corrected chi connectivity index (χ2v) is 15.2. The van der Waals surface area contributed by atoms with Crippen LogP contribution in [0.3, 0.4) is 0 Å². The molecule has 55 heavy (non-hydrogen) atoms. The summed E-state index contributed by atoms with van der Waals surface area (Å²) >= 11 is 0. The molecular formula is C53H44BN. The van der Waals surface area contributed by atoms with Gasteiger partial charge in [-0.25, -0.2) is 0 Å². The summed E-state index contributed by atoms with van der Waals surface area (Å²) in [5.74, 6) is 0. The first kappa shape index (κ1) is 34.6. The van der Waals surface area contributed by atoms with Crippen molar-refractivity contribution in [1.29, 1.82) is 5.26 Å². The van der Waals surface area contributed by atoms with Crippen molar-refractivity contribution in [3.63, 3.8) is 0 Å². The Balaban J connectivity index is 1.33. The van der Waals surface area contributed by atoms with Gasteiger partial charge in [-0.15, -0.1) is 0 Å². The Bertz CT molecular complexity index is 2710. The second-order valence-electron chi connectivity index (χ2n) is 15.2. The standard InChI is InChI=1S/C53H44BN/c1-2-29-54-48-26-21-42-33-47(25-20-43(42)34-48)53(46-24-19-40-31-37(12-10-11-30-55)17-18-41(40)32-46)51-35-44(38-13-6-3-4-7-14-38)22-27-49(51)50-28-23-45(36-52(50)53)39-15-8-5-9-16-39/h3,5-9,13-28,31-36,54H,2,4,10-12,29H2,1H3. The third-order valence-corrected chi connectivity index (χ3v) is 11.8. The summed E-state index contributed by atoms with van der Waals surface area (Å²) in [4.78, 5) is 0. The van der Waals surface area contributed by atoms with Gasteiger partial charge in [-0.3, -0.25) is 0 Å². The first-order valence-corrected chi connectivity index (χ1v) is 20.0. The van der Waals surface area contributed by atoms with Crippen LogP contribution in [0.25, 0.3) is 49.4 Å². The lowest BCUT2D eigenvalue weighted by molar-refractivity contribution is 0.771. The molecule has 0 aliphatic heterocycles. The average molecular weight is 706 g/mol. The lowest BCUT2D eigenvalue weighted by Crippen LogP contribution is -2.29. The SMILES string of the molecule is CCCBc1ccc2cc(C3(c4ccc5cc(CCCC#N)ccc5c4)c4cc(C5=CC=CCC=C5)ccc4-c4ccc(-c5ccccc5)cc43)ccc2c1. The Labute approximate surface area is 326 Å². The Morgan fingerprint density at radius 2 is 1.31 bits per heavy atom. The Morgan fingerprint density at radius 1 is 0.636 bits per heavy atom. The average Bonchev–Trinajstić information content (AvgIpc) is 3.34. The third kappa shape index (κ3) is 6.35. The summed E-state index contributed by atoms with van der Waals surface area (Å²) in [7, 11) is 1.11.